The molecule has 1 aromatic heterocycles. The van der Waals surface area contributed by atoms with E-state index in [1.807, 2.05) is 36.4 Å². The molecule has 0 unspecified atom stereocenters. The Morgan fingerprint density at radius 2 is 1.96 bits per heavy atom. The number of rotatable bonds is 5. The molecule has 1 aliphatic rings. The lowest BCUT2D eigenvalue weighted by molar-refractivity contribution is -0.125. The topological polar surface area (TPSA) is 45.7 Å². The van der Waals surface area contributed by atoms with Gasteiger partial charge in [-0.15, -0.1) is 0 Å². The van der Waals surface area contributed by atoms with Gasteiger partial charge in [-0.3, -0.25) is 9.78 Å². The van der Waals surface area contributed by atoms with Crippen LogP contribution in [0.5, 0.6) is 0 Å². The first-order chi connectivity index (χ1) is 12.2. The largest absolute Gasteiger partial charge is 0.378 e. The van der Waals surface area contributed by atoms with Crippen molar-refractivity contribution in [2.75, 3.05) is 38.3 Å². The molecule has 0 spiro atoms. The maximum atomic E-state index is 12.2. The molecule has 130 valence electrons. The van der Waals surface area contributed by atoms with Gasteiger partial charge in [0.25, 0.3) is 0 Å². The van der Waals surface area contributed by atoms with Crippen molar-refractivity contribution in [2.45, 2.75) is 6.54 Å². The average molecular weight is 337 g/mol. The zero-order valence-electron chi connectivity index (χ0n) is 14.5. The fourth-order valence-electron chi connectivity index (χ4n) is 2.73. The van der Waals surface area contributed by atoms with Crippen LogP contribution >= 0.6 is 0 Å². The quantitative estimate of drug-likeness (QED) is 0.787. The molecule has 0 saturated carbocycles. The number of anilines is 1. The highest BCUT2D eigenvalue weighted by atomic mass is 16.5. The van der Waals surface area contributed by atoms with E-state index in [9.17, 15) is 4.79 Å². The number of morpholine rings is 1. The fraction of sp³-hybridized carbons (Fsp3) is 0.300. The third-order valence-electron chi connectivity index (χ3n) is 4.19. The van der Waals surface area contributed by atoms with E-state index in [1.54, 1.807) is 24.2 Å². The van der Waals surface area contributed by atoms with Gasteiger partial charge in [0.2, 0.25) is 5.91 Å². The minimum atomic E-state index is -0.0390. The van der Waals surface area contributed by atoms with Crippen molar-refractivity contribution in [1.29, 1.82) is 0 Å². The first-order valence-corrected chi connectivity index (χ1v) is 8.48. The van der Waals surface area contributed by atoms with E-state index < -0.39 is 0 Å². The Kier molecular flexibility index (Phi) is 5.80. The van der Waals surface area contributed by atoms with Crippen LogP contribution in [-0.2, 0) is 16.1 Å². The van der Waals surface area contributed by atoms with Crippen molar-refractivity contribution < 1.29 is 9.53 Å². The molecule has 1 fully saturated rings. The first kappa shape index (κ1) is 17.2. The molecule has 25 heavy (non-hydrogen) atoms. The number of carbonyl (C=O) groups is 1. The summed E-state index contributed by atoms with van der Waals surface area (Å²) in [6.45, 7) is 3.90. The second-order valence-electron chi connectivity index (χ2n) is 6.04. The molecular formula is C20H23N3O2. The molecule has 5 nitrogen and oxygen atoms in total. The SMILES string of the molecule is CN(Cc1ccccn1)C(=O)C=Cc1ccc(N2CCOCC2)cc1. The van der Waals surface area contributed by atoms with Gasteiger partial charge >= 0.3 is 0 Å². The minimum Gasteiger partial charge on any atom is -0.378 e. The number of amides is 1. The molecule has 1 saturated heterocycles. The third-order valence-corrected chi connectivity index (χ3v) is 4.19. The molecule has 2 heterocycles. The standard InChI is InChI=1S/C20H23N3O2/c1-22(16-18-4-2-3-11-21-18)20(24)10-7-17-5-8-19(9-6-17)23-12-14-25-15-13-23/h2-11H,12-16H2,1H3. The smallest absolute Gasteiger partial charge is 0.246 e. The number of carbonyl (C=O) groups excluding carboxylic acids is 1. The van der Waals surface area contributed by atoms with E-state index in [0.29, 0.717) is 6.54 Å². The number of benzene rings is 1. The van der Waals surface area contributed by atoms with Crippen molar-refractivity contribution in [2.24, 2.45) is 0 Å². The van der Waals surface area contributed by atoms with Crippen LogP contribution in [0.15, 0.2) is 54.7 Å². The summed E-state index contributed by atoms with van der Waals surface area (Å²) in [5, 5.41) is 0. The van der Waals surface area contributed by atoms with E-state index in [0.717, 1.165) is 37.6 Å². The summed E-state index contributed by atoms with van der Waals surface area (Å²) >= 11 is 0. The van der Waals surface area contributed by atoms with Crippen LogP contribution < -0.4 is 4.90 Å². The van der Waals surface area contributed by atoms with Crippen LogP contribution in [0, 0.1) is 0 Å². The summed E-state index contributed by atoms with van der Waals surface area (Å²) in [5.41, 5.74) is 3.08. The number of hydrogen-bond donors (Lipinski definition) is 0. The van der Waals surface area contributed by atoms with Gasteiger partial charge in [-0.2, -0.15) is 0 Å². The summed E-state index contributed by atoms with van der Waals surface area (Å²) in [5.74, 6) is -0.0390. The Bertz CT molecular complexity index is 707. The average Bonchev–Trinajstić information content (AvgIpc) is 2.68. The molecule has 1 aliphatic heterocycles. The Balaban J connectivity index is 1.56. The molecular weight excluding hydrogens is 314 g/mol. The number of aromatic nitrogens is 1. The monoisotopic (exact) mass is 337 g/mol. The van der Waals surface area contributed by atoms with Gasteiger partial charge in [0.15, 0.2) is 0 Å². The second kappa shape index (κ2) is 8.44. The zero-order valence-corrected chi connectivity index (χ0v) is 14.5. The number of nitrogens with zero attached hydrogens (tertiary/aromatic N) is 3. The molecule has 0 radical (unpaired) electrons. The van der Waals surface area contributed by atoms with Gasteiger partial charge in [-0.1, -0.05) is 18.2 Å². The van der Waals surface area contributed by atoms with Gasteiger partial charge < -0.3 is 14.5 Å². The third kappa shape index (κ3) is 4.90. The van der Waals surface area contributed by atoms with Crippen molar-refractivity contribution in [3.8, 4) is 0 Å². The number of pyridine rings is 1. The summed E-state index contributed by atoms with van der Waals surface area (Å²) in [6.07, 6.45) is 5.19. The zero-order chi connectivity index (χ0) is 17.5. The summed E-state index contributed by atoms with van der Waals surface area (Å²) in [6, 6.07) is 14.0. The second-order valence-corrected chi connectivity index (χ2v) is 6.04. The van der Waals surface area contributed by atoms with E-state index in [1.165, 1.54) is 5.69 Å². The Labute approximate surface area is 148 Å². The van der Waals surface area contributed by atoms with Crippen LogP contribution in [0.4, 0.5) is 5.69 Å². The molecule has 0 N–H and O–H groups in total. The van der Waals surface area contributed by atoms with Gasteiger partial charge in [0.05, 0.1) is 25.5 Å². The predicted octanol–water partition coefficient (Wildman–Crippen LogP) is 2.59. The van der Waals surface area contributed by atoms with Gasteiger partial charge in [-0.25, -0.2) is 0 Å². The maximum Gasteiger partial charge on any atom is 0.246 e. The van der Waals surface area contributed by atoms with Crippen molar-refractivity contribution >= 4 is 17.7 Å². The molecule has 1 amide bonds. The Hall–Kier alpha value is -2.66. The molecule has 0 atom stereocenters. The number of hydrogen-bond acceptors (Lipinski definition) is 4. The lowest BCUT2D eigenvalue weighted by atomic mass is 10.1. The van der Waals surface area contributed by atoms with E-state index >= 15 is 0 Å². The Morgan fingerprint density at radius 3 is 2.64 bits per heavy atom. The van der Waals surface area contributed by atoms with Crippen molar-refractivity contribution in [3.63, 3.8) is 0 Å². The normalized spacial score (nSPS) is 14.7. The van der Waals surface area contributed by atoms with Gasteiger partial charge in [-0.05, 0) is 35.9 Å². The number of ether oxygens (including phenoxy) is 1. The highest BCUT2D eigenvalue weighted by Gasteiger charge is 2.10. The Morgan fingerprint density at radius 1 is 1.20 bits per heavy atom. The van der Waals surface area contributed by atoms with Crippen molar-refractivity contribution in [1.82, 2.24) is 9.88 Å². The van der Waals surface area contributed by atoms with Crippen LogP contribution in [0.1, 0.15) is 11.3 Å². The summed E-state index contributed by atoms with van der Waals surface area (Å²) in [4.78, 5) is 20.4. The van der Waals surface area contributed by atoms with E-state index in [-0.39, 0.29) is 5.91 Å². The first-order valence-electron chi connectivity index (χ1n) is 8.48. The highest BCUT2D eigenvalue weighted by molar-refractivity contribution is 5.91. The van der Waals surface area contributed by atoms with E-state index in [4.69, 9.17) is 4.74 Å². The van der Waals surface area contributed by atoms with Crippen LogP contribution in [0.2, 0.25) is 0 Å². The molecule has 1 aromatic carbocycles. The van der Waals surface area contributed by atoms with Crippen LogP contribution in [0.25, 0.3) is 6.08 Å². The maximum absolute atomic E-state index is 12.2. The highest BCUT2D eigenvalue weighted by Crippen LogP contribution is 2.17. The molecule has 0 aliphatic carbocycles. The van der Waals surface area contributed by atoms with Gasteiger partial charge in [0.1, 0.15) is 0 Å². The van der Waals surface area contributed by atoms with Crippen LogP contribution in [0.3, 0.4) is 0 Å². The molecule has 2 aromatic rings. The predicted molar refractivity (Wildman–Crippen MR) is 99.2 cm³/mol. The lowest BCUT2D eigenvalue weighted by Crippen LogP contribution is -2.36. The van der Waals surface area contributed by atoms with E-state index in [2.05, 4.69) is 22.0 Å². The minimum absolute atomic E-state index is 0.0390. The lowest BCUT2D eigenvalue weighted by Gasteiger charge is -2.28. The van der Waals surface area contributed by atoms with Crippen molar-refractivity contribution in [3.05, 3.63) is 66.0 Å². The number of likely N-dealkylation sites (N-methyl/N-ethyl adjacent to an activating group) is 1. The van der Waals surface area contributed by atoms with Gasteiger partial charge in [0, 0.05) is 38.1 Å². The molecule has 0 bridgehead atoms. The molecule has 5 heteroatoms. The fourth-order valence-corrected chi connectivity index (χ4v) is 2.73. The van der Waals surface area contributed by atoms with Crippen LogP contribution in [-0.4, -0.2) is 49.1 Å². The molecule has 3 rings (SSSR count). The summed E-state index contributed by atoms with van der Waals surface area (Å²) in [7, 11) is 1.78. The summed E-state index contributed by atoms with van der Waals surface area (Å²) < 4.78 is 5.38.